The van der Waals surface area contributed by atoms with E-state index in [-0.39, 0.29) is 11.5 Å². The predicted octanol–water partition coefficient (Wildman–Crippen LogP) is 7.18. The molecule has 0 unspecified atom stereocenters. The minimum absolute atomic E-state index is 0.00817. The molecule has 0 radical (unpaired) electrons. The quantitative estimate of drug-likeness (QED) is 0.128. The number of non-ortho nitro benzene ring substituents is 1. The highest BCUT2D eigenvalue weighted by Gasteiger charge is 2.13. The van der Waals surface area contributed by atoms with Crippen LogP contribution in [0.1, 0.15) is 16.1 Å². The molecule has 1 aromatic heterocycles. The average Bonchev–Trinajstić information content (AvgIpc) is 3.27. The number of rotatable bonds is 6. The van der Waals surface area contributed by atoms with E-state index in [1.165, 1.54) is 18.2 Å². The Morgan fingerprint density at radius 2 is 1.61 bits per heavy atom. The van der Waals surface area contributed by atoms with Crippen molar-refractivity contribution in [2.24, 2.45) is 0 Å². The van der Waals surface area contributed by atoms with Gasteiger partial charge < -0.3 is 4.42 Å². The lowest BCUT2D eigenvalue weighted by atomic mass is 10.0. The van der Waals surface area contributed by atoms with Crippen molar-refractivity contribution in [3.05, 3.63) is 117 Å². The Labute approximate surface area is 186 Å². The number of hydrogen-bond donors (Lipinski definition) is 0. The molecule has 1 heterocycles. The Bertz CT molecular complexity index is 1270. The van der Waals surface area contributed by atoms with Gasteiger partial charge in [0.05, 0.1) is 4.92 Å². The van der Waals surface area contributed by atoms with Gasteiger partial charge in [-0.3, -0.25) is 14.9 Å². The maximum atomic E-state index is 12.5. The minimum atomic E-state index is -0.456. The fraction of sp³-hybridized carbons (Fsp3) is 0. The molecule has 6 heteroatoms. The fourth-order valence-electron chi connectivity index (χ4n) is 3.12. The molecule has 5 nitrogen and oxygen atoms in total. The van der Waals surface area contributed by atoms with Crippen molar-refractivity contribution in [2.75, 3.05) is 0 Å². The van der Waals surface area contributed by atoms with Crippen LogP contribution in [0.4, 0.5) is 5.69 Å². The van der Waals surface area contributed by atoms with E-state index in [4.69, 9.17) is 4.42 Å². The van der Waals surface area contributed by atoms with Crippen LogP contribution < -0.4 is 0 Å². The third-order valence-electron chi connectivity index (χ3n) is 4.73. The standard InChI is InChI=1S/C25H16BrNO4/c26-23-16-20(27(29)30)10-13-22(23)25-15-12-21(31-25)11-14-24(28)19-8-6-18(7-9-19)17-4-2-1-3-5-17/h1-16H. The van der Waals surface area contributed by atoms with E-state index in [1.807, 2.05) is 42.5 Å². The van der Waals surface area contributed by atoms with Crippen LogP contribution in [0, 0.1) is 10.1 Å². The predicted molar refractivity (Wildman–Crippen MR) is 124 cm³/mol. The smallest absolute Gasteiger partial charge is 0.270 e. The lowest BCUT2D eigenvalue weighted by Crippen LogP contribution is -1.93. The third-order valence-corrected chi connectivity index (χ3v) is 5.39. The van der Waals surface area contributed by atoms with Crippen molar-refractivity contribution < 1.29 is 14.1 Å². The van der Waals surface area contributed by atoms with Crippen LogP contribution in [0.15, 0.2) is 99.9 Å². The number of carbonyl (C=O) groups excluding carboxylic acids is 1. The summed E-state index contributed by atoms with van der Waals surface area (Å²) in [6.07, 6.45) is 3.07. The molecule has 0 spiro atoms. The van der Waals surface area contributed by atoms with E-state index in [2.05, 4.69) is 15.9 Å². The molecule has 0 saturated heterocycles. The number of nitro groups is 1. The van der Waals surface area contributed by atoms with Gasteiger partial charge in [0.15, 0.2) is 5.78 Å². The van der Waals surface area contributed by atoms with Crippen molar-refractivity contribution in [3.63, 3.8) is 0 Å². The molecule has 0 bridgehead atoms. The first-order chi connectivity index (χ1) is 15.0. The SMILES string of the molecule is O=C(C=Cc1ccc(-c2ccc([N+](=O)[O-])cc2Br)o1)c1ccc(-c2ccccc2)cc1. The largest absolute Gasteiger partial charge is 0.457 e. The second-order valence-electron chi connectivity index (χ2n) is 6.76. The van der Waals surface area contributed by atoms with E-state index in [9.17, 15) is 14.9 Å². The van der Waals surface area contributed by atoms with Gasteiger partial charge in [0, 0.05) is 27.7 Å². The number of ketones is 1. The molecule has 152 valence electrons. The number of halogens is 1. The number of hydrogen-bond acceptors (Lipinski definition) is 4. The molecule has 0 fully saturated rings. The van der Waals surface area contributed by atoms with Gasteiger partial charge in [-0.1, -0.05) is 54.6 Å². The zero-order valence-electron chi connectivity index (χ0n) is 16.2. The summed E-state index contributed by atoms with van der Waals surface area (Å²) in [7, 11) is 0. The highest BCUT2D eigenvalue weighted by Crippen LogP contribution is 2.32. The lowest BCUT2D eigenvalue weighted by molar-refractivity contribution is -0.384. The van der Waals surface area contributed by atoms with Gasteiger partial charge in [-0.15, -0.1) is 0 Å². The zero-order valence-corrected chi connectivity index (χ0v) is 17.8. The van der Waals surface area contributed by atoms with E-state index in [0.717, 1.165) is 11.1 Å². The number of allylic oxidation sites excluding steroid dienone is 1. The Hall–Kier alpha value is -3.77. The van der Waals surface area contributed by atoms with Crippen LogP contribution in [-0.4, -0.2) is 10.7 Å². The average molecular weight is 474 g/mol. The van der Waals surface area contributed by atoms with Gasteiger partial charge in [-0.05, 0) is 57.4 Å². The molecule has 0 aliphatic rings. The number of benzene rings is 3. The van der Waals surface area contributed by atoms with Gasteiger partial charge in [0.2, 0.25) is 0 Å². The lowest BCUT2D eigenvalue weighted by Gasteiger charge is -2.02. The van der Waals surface area contributed by atoms with Gasteiger partial charge in [0.25, 0.3) is 5.69 Å². The summed E-state index contributed by atoms with van der Waals surface area (Å²) in [5.74, 6) is 0.921. The molecular weight excluding hydrogens is 458 g/mol. The maximum Gasteiger partial charge on any atom is 0.270 e. The number of nitrogens with zero attached hydrogens (tertiary/aromatic N) is 1. The van der Waals surface area contributed by atoms with E-state index >= 15 is 0 Å². The molecule has 4 rings (SSSR count). The Balaban J connectivity index is 1.48. The fourth-order valence-corrected chi connectivity index (χ4v) is 3.68. The second kappa shape index (κ2) is 8.93. The summed E-state index contributed by atoms with van der Waals surface area (Å²) in [5.41, 5.74) is 3.41. The van der Waals surface area contributed by atoms with Gasteiger partial charge >= 0.3 is 0 Å². The van der Waals surface area contributed by atoms with Crippen LogP contribution in [0.3, 0.4) is 0 Å². The van der Waals surface area contributed by atoms with Crippen molar-refractivity contribution in [1.29, 1.82) is 0 Å². The normalized spacial score (nSPS) is 11.0. The van der Waals surface area contributed by atoms with E-state index in [1.54, 1.807) is 36.4 Å². The summed E-state index contributed by atoms with van der Waals surface area (Å²) >= 11 is 3.34. The first kappa shape index (κ1) is 20.5. The Morgan fingerprint density at radius 1 is 0.903 bits per heavy atom. The summed E-state index contributed by atoms with van der Waals surface area (Å²) < 4.78 is 6.33. The van der Waals surface area contributed by atoms with Crippen molar-refractivity contribution >= 4 is 33.5 Å². The summed E-state index contributed by atoms with van der Waals surface area (Å²) in [6.45, 7) is 0. The summed E-state index contributed by atoms with van der Waals surface area (Å²) in [5, 5.41) is 10.9. The van der Waals surface area contributed by atoms with Crippen LogP contribution in [0.5, 0.6) is 0 Å². The highest BCUT2D eigenvalue weighted by molar-refractivity contribution is 9.10. The topological polar surface area (TPSA) is 73.3 Å². The van der Waals surface area contributed by atoms with Crippen LogP contribution >= 0.6 is 15.9 Å². The molecule has 3 aromatic carbocycles. The van der Waals surface area contributed by atoms with Crippen molar-refractivity contribution in [1.82, 2.24) is 0 Å². The highest BCUT2D eigenvalue weighted by atomic mass is 79.9. The molecule has 0 aliphatic heterocycles. The number of carbonyl (C=O) groups is 1. The number of furan rings is 1. The Kier molecular flexibility index (Phi) is 5.91. The van der Waals surface area contributed by atoms with Crippen LogP contribution in [-0.2, 0) is 0 Å². The number of nitro benzene ring substituents is 1. The molecule has 0 saturated carbocycles. The monoisotopic (exact) mass is 473 g/mol. The first-order valence-corrected chi connectivity index (χ1v) is 10.2. The van der Waals surface area contributed by atoms with E-state index in [0.29, 0.717) is 27.1 Å². The van der Waals surface area contributed by atoms with Crippen molar-refractivity contribution in [3.8, 4) is 22.5 Å². The summed E-state index contributed by atoms with van der Waals surface area (Å²) in [6, 6.07) is 25.4. The van der Waals surface area contributed by atoms with Crippen LogP contribution in [0.25, 0.3) is 28.5 Å². The maximum absolute atomic E-state index is 12.5. The van der Waals surface area contributed by atoms with Gasteiger partial charge in [-0.25, -0.2) is 0 Å². The molecule has 0 N–H and O–H groups in total. The second-order valence-corrected chi connectivity index (χ2v) is 7.62. The molecular formula is C25H16BrNO4. The molecule has 4 aromatic rings. The van der Waals surface area contributed by atoms with E-state index < -0.39 is 4.92 Å². The molecule has 31 heavy (non-hydrogen) atoms. The minimum Gasteiger partial charge on any atom is -0.457 e. The molecule has 0 aliphatic carbocycles. The molecule has 0 amide bonds. The van der Waals surface area contributed by atoms with Gasteiger partial charge in [0.1, 0.15) is 11.5 Å². The Morgan fingerprint density at radius 3 is 2.29 bits per heavy atom. The van der Waals surface area contributed by atoms with Crippen molar-refractivity contribution in [2.45, 2.75) is 0 Å². The third kappa shape index (κ3) is 4.70. The van der Waals surface area contributed by atoms with Crippen LogP contribution in [0.2, 0.25) is 0 Å². The first-order valence-electron chi connectivity index (χ1n) is 9.43. The van der Waals surface area contributed by atoms with Gasteiger partial charge in [-0.2, -0.15) is 0 Å². The summed E-state index contributed by atoms with van der Waals surface area (Å²) in [4.78, 5) is 22.9. The molecule has 0 atom stereocenters. The zero-order chi connectivity index (χ0) is 21.8.